The Balaban J connectivity index is 0.000000727. The van der Waals surface area contributed by atoms with Gasteiger partial charge in [0, 0.05) is 43.2 Å². The molecule has 4 N–H and O–H groups in total. The monoisotopic (exact) mass is 449 g/mol. The van der Waals surface area contributed by atoms with E-state index in [0.29, 0.717) is 24.0 Å². The molecular weight excluding hydrogens is 408 g/mol. The normalized spacial score (nSPS) is 16.1. The van der Waals surface area contributed by atoms with Crippen molar-refractivity contribution in [2.75, 3.05) is 25.9 Å². The van der Waals surface area contributed by atoms with Gasteiger partial charge in [0.25, 0.3) is 0 Å². The van der Waals surface area contributed by atoms with Gasteiger partial charge in [-0.2, -0.15) is 0 Å². The van der Waals surface area contributed by atoms with E-state index >= 15 is 0 Å². The number of nitrogens with zero attached hydrogens (tertiary/aromatic N) is 3. The number of hydrogen-bond donors (Lipinski definition) is 2. The van der Waals surface area contributed by atoms with E-state index in [9.17, 15) is 8.78 Å². The topological polar surface area (TPSA) is 80.0 Å². The van der Waals surface area contributed by atoms with E-state index in [0.717, 1.165) is 24.4 Å². The molecule has 0 bridgehead atoms. The number of aliphatic imine (C=N–C) groups is 2. The molecule has 3 rings (SSSR count). The molecule has 0 saturated carbocycles. The molecule has 0 amide bonds. The van der Waals surface area contributed by atoms with Gasteiger partial charge in [-0.1, -0.05) is 34.1 Å². The summed E-state index contributed by atoms with van der Waals surface area (Å²) in [5.74, 6) is 3.57. The first-order chi connectivity index (χ1) is 15.4. The van der Waals surface area contributed by atoms with Crippen LogP contribution in [0.2, 0.25) is 0 Å². The number of halogens is 2. The van der Waals surface area contributed by atoms with E-state index in [-0.39, 0.29) is 11.3 Å². The maximum atomic E-state index is 14.2. The minimum Gasteiger partial charge on any atom is -0.396 e. The van der Waals surface area contributed by atoms with Crippen molar-refractivity contribution in [3.05, 3.63) is 46.2 Å². The lowest BCUT2D eigenvalue weighted by Gasteiger charge is -2.20. The van der Waals surface area contributed by atoms with Gasteiger partial charge in [0.2, 0.25) is 0 Å². The van der Waals surface area contributed by atoms with E-state index in [1.54, 1.807) is 26.3 Å². The standard InChI is InChI=1S/C16H17F2N3.C5H12N2.2C2H6/c1-9-6-12(19)15(17)16(18)14(9)10-4-5-13(21-3)11(7-10)8-20-2;6-7-4-2-1-3-5-7;2*1-2/h6-8H,3-5,19H2,1-2H3;1-6H2;2*1-2H3. The van der Waals surface area contributed by atoms with Crippen LogP contribution in [0.3, 0.4) is 0 Å². The molecular formula is C25H41F2N5. The van der Waals surface area contributed by atoms with Crippen LogP contribution in [0.15, 0.2) is 33.4 Å². The van der Waals surface area contributed by atoms with E-state index in [4.69, 9.17) is 11.6 Å². The minimum absolute atomic E-state index is 0.176. The summed E-state index contributed by atoms with van der Waals surface area (Å²) in [6.07, 6.45) is 8.55. The van der Waals surface area contributed by atoms with Crippen molar-refractivity contribution in [2.24, 2.45) is 15.8 Å². The van der Waals surface area contributed by atoms with E-state index < -0.39 is 11.6 Å². The second-order valence-corrected chi connectivity index (χ2v) is 7.00. The van der Waals surface area contributed by atoms with E-state index in [1.807, 2.05) is 32.7 Å². The molecule has 0 spiro atoms. The lowest BCUT2D eigenvalue weighted by Crippen LogP contribution is -2.35. The van der Waals surface area contributed by atoms with Crippen LogP contribution in [-0.2, 0) is 0 Å². The van der Waals surface area contributed by atoms with Crippen LogP contribution in [0, 0.1) is 18.6 Å². The zero-order chi connectivity index (χ0) is 24.7. The van der Waals surface area contributed by atoms with Crippen LogP contribution in [-0.4, -0.2) is 38.1 Å². The van der Waals surface area contributed by atoms with Crippen LogP contribution in [0.5, 0.6) is 0 Å². The van der Waals surface area contributed by atoms with Gasteiger partial charge in [-0.05, 0) is 62.6 Å². The lowest BCUT2D eigenvalue weighted by molar-refractivity contribution is 0.235. The van der Waals surface area contributed by atoms with Gasteiger partial charge in [0.05, 0.1) is 5.69 Å². The van der Waals surface area contributed by atoms with E-state index in [2.05, 4.69) is 16.7 Å². The highest BCUT2D eigenvalue weighted by Gasteiger charge is 2.21. The van der Waals surface area contributed by atoms with Crippen molar-refractivity contribution in [1.29, 1.82) is 0 Å². The Morgan fingerprint density at radius 3 is 2.09 bits per heavy atom. The number of nitrogen functional groups attached to an aromatic ring is 1. The molecule has 7 heteroatoms. The largest absolute Gasteiger partial charge is 0.396 e. The average Bonchev–Trinajstić information content (AvgIpc) is 2.82. The van der Waals surface area contributed by atoms with Gasteiger partial charge in [0.1, 0.15) is 0 Å². The van der Waals surface area contributed by atoms with Gasteiger partial charge < -0.3 is 5.73 Å². The molecule has 0 unspecified atom stereocenters. The van der Waals surface area contributed by atoms with Crippen molar-refractivity contribution in [3.63, 3.8) is 0 Å². The highest BCUT2D eigenvalue weighted by molar-refractivity contribution is 5.89. The smallest absolute Gasteiger partial charge is 0.182 e. The van der Waals surface area contributed by atoms with Gasteiger partial charge >= 0.3 is 0 Å². The molecule has 1 aliphatic carbocycles. The predicted octanol–water partition coefficient (Wildman–Crippen LogP) is 6.09. The van der Waals surface area contributed by atoms with Crippen LogP contribution in [0.1, 0.15) is 70.9 Å². The Kier molecular flexibility index (Phi) is 15.1. The molecule has 1 saturated heterocycles. The molecule has 0 aromatic heterocycles. The number of anilines is 1. The first kappa shape index (κ1) is 29.6. The summed E-state index contributed by atoms with van der Waals surface area (Å²) >= 11 is 0. The summed E-state index contributed by atoms with van der Waals surface area (Å²) in [4.78, 5) is 7.92. The quantitative estimate of drug-likeness (QED) is 0.333. The third-order valence-electron chi connectivity index (χ3n) is 4.90. The van der Waals surface area contributed by atoms with Crippen molar-refractivity contribution in [2.45, 2.75) is 66.7 Å². The fraction of sp³-hybridized carbons (Fsp3) is 0.520. The molecule has 180 valence electrons. The van der Waals surface area contributed by atoms with Gasteiger partial charge in [0.15, 0.2) is 11.6 Å². The van der Waals surface area contributed by atoms with Crippen LogP contribution < -0.4 is 11.6 Å². The third kappa shape index (κ3) is 8.63. The highest BCUT2D eigenvalue weighted by Crippen LogP contribution is 2.35. The van der Waals surface area contributed by atoms with Crippen molar-refractivity contribution in [1.82, 2.24) is 5.01 Å². The zero-order valence-electron chi connectivity index (χ0n) is 20.6. The SMILES string of the molecule is C=NC1=C(C=NC)C=C(c2c(C)cc(N)c(F)c2F)CC1.CC.CC.NN1CCCCC1. The number of rotatable bonds is 3. The van der Waals surface area contributed by atoms with E-state index in [1.165, 1.54) is 25.3 Å². The third-order valence-corrected chi connectivity index (χ3v) is 4.90. The minimum atomic E-state index is -1.00. The first-order valence-corrected chi connectivity index (χ1v) is 11.5. The Bertz CT molecular complexity index is 807. The maximum absolute atomic E-state index is 14.2. The molecule has 5 nitrogen and oxygen atoms in total. The van der Waals surface area contributed by atoms with Gasteiger partial charge in [-0.25, -0.2) is 13.8 Å². The zero-order valence-corrected chi connectivity index (χ0v) is 20.6. The summed E-state index contributed by atoms with van der Waals surface area (Å²) < 4.78 is 27.9. The summed E-state index contributed by atoms with van der Waals surface area (Å²) in [6, 6.07) is 1.45. The molecule has 1 aromatic rings. The molecule has 0 radical (unpaired) electrons. The molecule has 2 aliphatic rings. The predicted molar refractivity (Wildman–Crippen MR) is 136 cm³/mol. The number of allylic oxidation sites excluding steroid dienone is 4. The fourth-order valence-corrected chi connectivity index (χ4v) is 3.45. The first-order valence-electron chi connectivity index (χ1n) is 11.5. The molecule has 0 atom stereocenters. The summed E-state index contributed by atoms with van der Waals surface area (Å²) in [5.41, 5.74) is 8.44. The number of nitrogens with two attached hydrogens (primary N) is 2. The van der Waals surface area contributed by atoms with Gasteiger partial charge in [-0.15, -0.1) is 0 Å². The fourth-order valence-electron chi connectivity index (χ4n) is 3.45. The molecule has 1 heterocycles. The van der Waals surface area contributed by atoms with Crippen molar-refractivity contribution >= 4 is 24.2 Å². The maximum Gasteiger partial charge on any atom is 0.182 e. The molecule has 1 aromatic carbocycles. The summed E-state index contributed by atoms with van der Waals surface area (Å²) in [5, 5.41) is 1.89. The Hall–Kier alpha value is -2.38. The second kappa shape index (κ2) is 16.3. The molecule has 32 heavy (non-hydrogen) atoms. The highest BCUT2D eigenvalue weighted by atomic mass is 19.2. The Labute approximate surface area is 193 Å². The van der Waals surface area contributed by atoms with Crippen LogP contribution in [0.4, 0.5) is 14.5 Å². The van der Waals surface area contributed by atoms with Crippen LogP contribution in [0.25, 0.3) is 5.57 Å². The molecule has 1 aliphatic heterocycles. The van der Waals surface area contributed by atoms with Crippen LogP contribution >= 0.6 is 0 Å². The number of hydrogen-bond acceptors (Lipinski definition) is 5. The molecule has 1 fully saturated rings. The Morgan fingerprint density at radius 2 is 1.62 bits per heavy atom. The van der Waals surface area contributed by atoms with Crippen molar-refractivity contribution in [3.8, 4) is 0 Å². The number of piperidine rings is 1. The van der Waals surface area contributed by atoms with Crippen molar-refractivity contribution < 1.29 is 8.78 Å². The Morgan fingerprint density at radius 1 is 1.03 bits per heavy atom. The van der Waals surface area contributed by atoms with Gasteiger partial charge in [-0.3, -0.25) is 15.8 Å². The number of aryl methyl sites for hydroxylation is 1. The summed E-state index contributed by atoms with van der Waals surface area (Å²) in [6.45, 7) is 15.4. The average molecular weight is 450 g/mol. The lowest BCUT2D eigenvalue weighted by atomic mass is 9.89. The second-order valence-electron chi connectivity index (χ2n) is 7.00. The number of hydrazine groups is 1. The summed E-state index contributed by atoms with van der Waals surface area (Å²) in [7, 11) is 1.64. The number of benzene rings is 1.